The maximum Gasteiger partial charge on any atom is 0.438 e. The zero-order valence-electron chi connectivity index (χ0n) is 35.4. The fourth-order valence-corrected chi connectivity index (χ4v) is 9.24. The monoisotopic (exact) mass is 880 g/mol. The van der Waals surface area contributed by atoms with Gasteiger partial charge in [0.25, 0.3) is 5.91 Å². The maximum atomic E-state index is 15.0. The summed E-state index contributed by atoms with van der Waals surface area (Å²) < 4.78 is 93.7. The molecule has 0 radical (unpaired) electrons. The highest BCUT2D eigenvalue weighted by atomic mass is 32.2. The molecular weight excluding hydrogens is 826 g/mol. The Morgan fingerprint density at radius 3 is 2.44 bits per heavy atom. The number of alkyl halides is 3. The Morgan fingerprint density at radius 2 is 1.80 bits per heavy atom. The highest BCUT2D eigenvalue weighted by Crippen LogP contribution is 2.48. The van der Waals surface area contributed by atoms with Crippen LogP contribution in [0.15, 0.2) is 30.4 Å². The number of allylic oxidation sites excluding steroid dienone is 1. The molecule has 6 rings (SSSR count). The molecule has 7 atom stereocenters. The number of rotatable bonds is 10. The number of hydrogen-bond acceptors (Lipinski definition) is 12. The van der Waals surface area contributed by atoms with Crippen LogP contribution in [0, 0.1) is 17.8 Å². The summed E-state index contributed by atoms with van der Waals surface area (Å²) in [6.45, 7) is 9.98. The molecule has 16 nitrogen and oxygen atoms in total. The van der Waals surface area contributed by atoms with Crippen LogP contribution in [0.4, 0.5) is 18.0 Å². The van der Waals surface area contributed by atoms with Gasteiger partial charge in [-0.2, -0.15) is 13.2 Å². The molecule has 61 heavy (non-hydrogen) atoms. The van der Waals surface area contributed by atoms with Gasteiger partial charge in [0.2, 0.25) is 33.4 Å². The molecule has 3 fully saturated rings. The summed E-state index contributed by atoms with van der Waals surface area (Å²) in [5, 5.41) is 5.43. The average molecular weight is 881 g/mol. The van der Waals surface area contributed by atoms with Crippen molar-refractivity contribution in [3.05, 3.63) is 36.0 Å². The lowest BCUT2D eigenvalue weighted by molar-refractivity contribution is -0.143. The number of halogens is 3. The van der Waals surface area contributed by atoms with E-state index in [2.05, 4.69) is 25.3 Å². The van der Waals surface area contributed by atoms with Gasteiger partial charge in [-0.1, -0.05) is 19.1 Å². The standard InChI is InChI=1S/C41H55F3N6O10S/c1-8-58-26-13-14-28-29(18-26)46-34(32(45-28)41(42,43)44)59-27-19-30-33(51)48-40(36(53)49-61(55,56)39(6)15-16-39)20-25(40)12-10-9-11-23(2)17-24(22-57-7)31(35(52)50(30)21-27)47-37(54)60-38(3,4)5/h10,12-14,18,23-25,27,30-31H,8-9,11,15-17,19-22H2,1-7H3,(H,47,54)(H,48,51)(H,49,53)/b12-10-/t23-,24+,25-,27-,30+,31+,40-/m1/s1. The number of aromatic nitrogens is 2. The Hall–Kier alpha value is -4.72. The zero-order valence-corrected chi connectivity index (χ0v) is 36.2. The Morgan fingerprint density at radius 1 is 1.08 bits per heavy atom. The quantitative estimate of drug-likeness (QED) is 0.276. The van der Waals surface area contributed by atoms with Crippen LogP contribution in [0.5, 0.6) is 11.6 Å². The number of ether oxygens (including phenoxy) is 4. The summed E-state index contributed by atoms with van der Waals surface area (Å²) in [6.07, 6.45) is -1.71. The minimum absolute atomic E-state index is 0.00111. The SMILES string of the molecule is CCOc1ccc2nc(C(F)(F)F)c(O[C@@H]3C[C@H]4C(=O)N[C@]5(C(=O)NS(=O)(=O)C6(C)CC6)C[C@H]5/C=C\CC[C@@H](C)C[C@@H](COC)[C@H](NC(=O)OC(C)(C)C)C(=O)N4C3)nc2c1. The van der Waals surface area contributed by atoms with E-state index in [0.717, 1.165) is 4.90 Å². The zero-order chi connectivity index (χ0) is 44.7. The first-order valence-corrected chi connectivity index (χ1v) is 22.0. The number of nitrogens with zero attached hydrogens (tertiary/aromatic N) is 3. The molecule has 20 heteroatoms. The first-order chi connectivity index (χ1) is 28.5. The van der Waals surface area contributed by atoms with Crippen LogP contribution in [0.3, 0.4) is 0 Å². The van der Waals surface area contributed by atoms with Crippen molar-refractivity contribution < 1.29 is 59.7 Å². The first kappa shape index (κ1) is 45.8. The lowest BCUT2D eigenvalue weighted by Crippen LogP contribution is -2.60. The van der Waals surface area contributed by atoms with Crippen molar-refractivity contribution in [2.75, 3.05) is 26.9 Å². The molecular formula is C41H55F3N6O10S. The van der Waals surface area contributed by atoms with Gasteiger partial charge in [-0.3, -0.25) is 19.1 Å². The largest absolute Gasteiger partial charge is 0.494 e. The molecule has 0 bridgehead atoms. The topological polar surface area (TPSA) is 204 Å². The van der Waals surface area contributed by atoms with E-state index in [4.69, 9.17) is 18.9 Å². The van der Waals surface area contributed by atoms with E-state index in [1.807, 2.05) is 13.0 Å². The summed E-state index contributed by atoms with van der Waals surface area (Å²) in [6, 6.07) is 1.37. The van der Waals surface area contributed by atoms with Crippen molar-refractivity contribution in [2.24, 2.45) is 17.8 Å². The molecule has 2 aliphatic carbocycles. The van der Waals surface area contributed by atoms with E-state index in [1.165, 1.54) is 32.2 Å². The summed E-state index contributed by atoms with van der Waals surface area (Å²) in [4.78, 5) is 66.0. The van der Waals surface area contributed by atoms with Crippen LogP contribution in [-0.4, -0.2) is 108 Å². The molecule has 0 unspecified atom stereocenters. The third-order valence-corrected chi connectivity index (χ3v) is 13.8. The molecule has 3 N–H and O–H groups in total. The normalized spacial score (nSPS) is 28.6. The number of nitrogens with one attached hydrogen (secondary N) is 3. The fraction of sp³-hybridized carbons (Fsp3) is 0.659. The maximum absolute atomic E-state index is 15.0. The second-order valence-electron chi connectivity index (χ2n) is 17.8. The Balaban J connectivity index is 1.41. The van der Waals surface area contributed by atoms with Gasteiger partial charge in [-0.15, -0.1) is 0 Å². The number of fused-ring (bicyclic) bond motifs is 3. The molecule has 2 aromatic rings. The van der Waals surface area contributed by atoms with Gasteiger partial charge in [0.1, 0.15) is 35.1 Å². The van der Waals surface area contributed by atoms with Crippen LogP contribution in [-0.2, 0) is 40.1 Å². The van der Waals surface area contributed by atoms with E-state index in [-0.39, 0.29) is 43.0 Å². The number of hydrogen-bond donors (Lipinski definition) is 3. The van der Waals surface area contributed by atoms with E-state index in [9.17, 15) is 40.8 Å². The average Bonchev–Trinajstić information content (AvgIpc) is 4.04. The molecule has 4 aliphatic rings. The third-order valence-electron chi connectivity index (χ3n) is 11.6. The van der Waals surface area contributed by atoms with Crippen molar-refractivity contribution in [3.63, 3.8) is 0 Å². The lowest BCUT2D eigenvalue weighted by atomic mass is 9.87. The van der Waals surface area contributed by atoms with E-state index < -0.39 is 104 Å². The first-order valence-electron chi connectivity index (χ1n) is 20.5. The predicted molar refractivity (Wildman–Crippen MR) is 215 cm³/mol. The van der Waals surface area contributed by atoms with Crippen molar-refractivity contribution in [3.8, 4) is 11.6 Å². The molecule has 1 saturated heterocycles. The molecule has 336 valence electrons. The van der Waals surface area contributed by atoms with Gasteiger partial charge in [0, 0.05) is 31.4 Å². The number of methoxy groups -OCH3 is 1. The highest BCUT2D eigenvalue weighted by molar-refractivity contribution is 7.91. The van der Waals surface area contributed by atoms with Gasteiger partial charge in [-0.25, -0.2) is 23.2 Å². The highest BCUT2D eigenvalue weighted by Gasteiger charge is 2.63. The minimum Gasteiger partial charge on any atom is -0.494 e. The number of carbonyl (C=O) groups is 4. The van der Waals surface area contributed by atoms with Gasteiger partial charge in [-0.05, 0) is 91.2 Å². The van der Waals surface area contributed by atoms with Gasteiger partial charge in [0.15, 0.2) is 0 Å². The molecule has 2 saturated carbocycles. The van der Waals surface area contributed by atoms with E-state index in [0.29, 0.717) is 37.9 Å². The smallest absolute Gasteiger partial charge is 0.438 e. The van der Waals surface area contributed by atoms with Gasteiger partial charge >= 0.3 is 12.3 Å². The van der Waals surface area contributed by atoms with Crippen molar-refractivity contribution >= 4 is 44.9 Å². The molecule has 2 aliphatic heterocycles. The van der Waals surface area contributed by atoms with E-state index in [1.54, 1.807) is 33.8 Å². The number of amides is 4. The van der Waals surface area contributed by atoms with Crippen molar-refractivity contribution in [1.29, 1.82) is 0 Å². The summed E-state index contributed by atoms with van der Waals surface area (Å²) in [7, 11) is -2.69. The summed E-state index contributed by atoms with van der Waals surface area (Å²) >= 11 is 0. The minimum atomic E-state index is -5.02. The van der Waals surface area contributed by atoms with Crippen molar-refractivity contribution in [2.45, 2.75) is 127 Å². The third kappa shape index (κ3) is 10.3. The van der Waals surface area contributed by atoms with E-state index >= 15 is 0 Å². The molecule has 3 heterocycles. The Bertz CT molecular complexity index is 2160. The Labute approximate surface area is 353 Å². The molecule has 1 aromatic heterocycles. The fourth-order valence-electron chi connectivity index (χ4n) is 7.92. The number of sulfonamides is 1. The second-order valence-corrected chi connectivity index (χ2v) is 20.0. The number of benzene rings is 1. The van der Waals surface area contributed by atoms with Crippen LogP contribution in [0.25, 0.3) is 11.0 Å². The summed E-state index contributed by atoms with van der Waals surface area (Å²) in [5.41, 5.74) is -4.16. The predicted octanol–water partition coefficient (Wildman–Crippen LogP) is 4.80. The van der Waals surface area contributed by atoms with Crippen LogP contribution < -0.4 is 24.8 Å². The Kier molecular flexibility index (Phi) is 12.9. The molecule has 0 spiro atoms. The second kappa shape index (κ2) is 17.2. The van der Waals surface area contributed by atoms with Crippen LogP contribution in [0.2, 0.25) is 0 Å². The molecule has 4 amide bonds. The lowest BCUT2D eigenvalue weighted by Gasteiger charge is -2.34. The van der Waals surface area contributed by atoms with Crippen molar-refractivity contribution in [1.82, 2.24) is 30.2 Å². The summed E-state index contributed by atoms with van der Waals surface area (Å²) in [5.74, 6) is -4.49. The van der Waals surface area contributed by atoms with Crippen LogP contribution >= 0.6 is 0 Å². The van der Waals surface area contributed by atoms with Gasteiger partial charge in [0.05, 0.1) is 35.5 Å². The number of alkyl carbamates (subject to hydrolysis) is 1. The molecule has 1 aromatic carbocycles. The van der Waals surface area contributed by atoms with Gasteiger partial charge < -0.3 is 34.5 Å². The van der Waals surface area contributed by atoms with Crippen LogP contribution in [0.1, 0.15) is 92.2 Å². The number of carbonyl (C=O) groups excluding carboxylic acids is 4.